The molecule has 0 saturated carbocycles. The van der Waals surface area contributed by atoms with E-state index in [-0.39, 0.29) is 12.2 Å². The van der Waals surface area contributed by atoms with E-state index < -0.39 is 36.0 Å². The molecule has 2 amide bonds. The second-order valence-electron chi connectivity index (χ2n) is 6.37. The molecule has 0 bridgehead atoms. The van der Waals surface area contributed by atoms with Gasteiger partial charge in [-0.1, -0.05) is 48.5 Å². The monoisotopic (exact) mass is 393 g/mol. The number of carbonyl (C=O) groups is 4. The number of hydrogen-bond acceptors (Lipinski definition) is 5. The van der Waals surface area contributed by atoms with E-state index in [1.807, 2.05) is 6.07 Å². The molecular formula is C21H19N3O5. The van der Waals surface area contributed by atoms with Gasteiger partial charge in [-0.3, -0.25) is 14.4 Å². The summed E-state index contributed by atoms with van der Waals surface area (Å²) in [5, 5.41) is 2.83. The van der Waals surface area contributed by atoms with Gasteiger partial charge in [0.2, 0.25) is 5.91 Å². The Bertz CT molecular complexity index is 1060. The fraction of sp³-hybridized carbons (Fsp3) is 0.143. The number of nitrogens with two attached hydrogens (primary N) is 1. The van der Waals surface area contributed by atoms with Crippen molar-refractivity contribution in [2.45, 2.75) is 19.1 Å². The molecule has 3 rings (SSSR count). The van der Waals surface area contributed by atoms with Crippen molar-refractivity contribution in [3.8, 4) is 0 Å². The summed E-state index contributed by atoms with van der Waals surface area (Å²) < 4.78 is 5.15. The topological polar surface area (TPSA) is 131 Å². The molecule has 4 N–H and O–H groups in total. The molecule has 29 heavy (non-hydrogen) atoms. The molecule has 2 aromatic carbocycles. The number of ketones is 1. The largest absolute Gasteiger partial charge is 0.459 e. The Morgan fingerprint density at radius 3 is 2.41 bits per heavy atom. The fourth-order valence-corrected chi connectivity index (χ4v) is 2.83. The Balaban J connectivity index is 1.70. The number of fused-ring (bicyclic) bond motifs is 1. The highest BCUT2D eigenvalue weighted by Crippen LogP contribution is 2.18. The van der Waals surface area contributed by atoms with Crippen molar-refractivity contribution in [3.05, 3.63) is 71.9 Å². The van der Waals surface area contributed by atoms with Crippen molar-refractivity contribution in [1.29, 1.82) is 0 Å². The minimum absolute atomic E-state index is 0.0405. The van der Waals surface area contributed by atoms with Crippen molar-refractivity contribution in [1.82, 2.24) is 10.3 Å². The summed E-state index contributed by atoms with van der Waals surface area (Å²) in [5.74, 6) is -3.54. The molecule has 1 atom stereocenters. The minimum Gasteiger partial charge on any atom is -0.459 e. The lowest BCUT2D eigenvalue weighted by molar-refractivity contribution is -0.150. The van der Waals surface area contributed by atoms with Crippen LogP contribution in [0.4, 0.5) is 0 Å². The third-order valence-corrected chi connectivity index (χ3v) is 4.26. The van der Waals surface area contributed by atoms with Gasteiger partial charge in [-0.2, -0.15) is 0 Å². The molecule has 0 fully saturated rings. The predicted molar refractivity (Wildman–Crippen MR) is 105 cm³/mol. The molecule has 0 spiro atoms. The van der Waals surface area contributed by atoms with Gasteiger partial charge in [0.05, 0.1) is 12.0 Å². The van der Waals surface area contributed by atoms with Gasteiger partial charge in [-0.15, -0.1) is 0 Å². The zero-order valence-electron chi connectivity index (χ0n) is 15.4. The predicted octanol–water partition coefficient (Wildman–Crippen LogP) is 1.45. The highest BCUT2D eigenvalue weighted by molar-refractivity contribution is 6.45. The van der Waals surface area contributed by atoms with Crippen LogP contribution in [0.5, 0.6) is 0 Å². The van der Waals surface area contributed by atoms with E-state index in [2.05, 4.69) is 10.3 Å². The lowest BCUT2D eigenvalue weighted by Gasteiger charge is -2.16. The molecule has 0 aliphatic heterocycles. The molecule has 148 valence electrons. The number of hydrogen-bond donors (Lipinski definition) is 3. The lowest BCUT2D eigenvalue weighted by Crippen LogP contribution is -2.46. The molecule has 0 aliphatic rings. The van der Waals surface area contributed by atoms with Crippen LogP contribution in [0.1, 0.15) is 22.3 Å². The smallest absolute Gasteiger partial charge is 0.329 e. The summed E-state index contributed by atoms with van der Waals surface area (Å²) in [6.45, 7) is -0.0405. The summed E-state index contributed by atoms with van der Waals surface area (Å²) in [5.41, 5.74) is 6.76. The molecule has 3 aromatic rings. The third kappa shape index (κ3) is 4.86. The zero-order chi connectivity index (χ0) is 20.8. The number of esters is 1. The fourth-order valence-electron chi connectivity index (χ4n) is 2.83. The number of benzene rings is 2. The summed E-state index contributed by atoms with van der Waals surface area (Å²) in [6.07, 6.45) is 0.934. The molecule has 8 heteroatoms. The SMILES string of the molecule is NC(=O)CC(NC(=O)C(=O)c1c[nH]c2ccccc12)C(=O)OCc1ccccc1. The minimum atomic E-state index is -1.36. The maximum absolute atomic E-state index is 12.5. The highest BCUT2D eigenvalue weighted by atomic mass is 16.5. The number of aromatic amines is 1. The standard InChI is InChI=1S/C21H19N3O5/c22-18(25)10-17(21(28)29-12-13-6-2-1-3-7-13)24-20(27)19(26)15-11-23-16-9-5-4-8-14(15)16/h1-9,11,17,23H,10,12H2,(H2,22,25)(H,24,27). The normalized spacial score (nSPS) is 11.6. The number of para-hydroxylation sites is 1. The maximum Gasteiger partial charge on any atom is 0.329 e. The van der Waals surface area contributed by atoms with Crippen molar-refractivity contribution >= 4 is 34.5 Å². The van der Waals surface area contributed by atoms with Crippen LogP contribution in [-0.4, -0.2) is 34.6 Å². The molecule has 1 heterocycles. The van der Waals surface area contributed by atoms with Gasteiger partial charge in [0, 0.05) is 17.1 Å². The van der Waals surface area contributed by atoms with Gasteiger partial charge in [0.1, 0.15) is 12.6 Å². The lowest BCUT2D eigenvalue weighted by atomic mass is 10.1. The molecule has 0 saturated heterocycles. The van der Waals surface area contributed by atoms with Crippen molar-refractivity contribution in [3.63, 3.8) is 0 Å². The Hall–Kier alpha value is -3.94. The maximum atomic E-state index is 12.5. The van der Waals surface area contributed by atoms with Gasteiger partial charge in [-0.25, -0.2) is 4.79 Å². The van der Waals surface area contributed by atoms with Crippen LogP contribution in [-0.2, 0) is 25.7 Å². The van der Waals surface area contributed by atoms with E-state index in [0.29, 0.717) is 10.9 Å². The van der Waals surface area contributed by atoms with Crippen LogP contribution in [0.25, 0.3) is 10.9 Å². The summed E-state index contributed by atoms with van der Waals surface area (Å²) >= 11 is 0. The number of carbonyl (C=O) groups excluding carboxylic acids is 4. The summed E-state index contributed by atoms with van der Waals surface area (Å²) in [4.78, 5) is 51.5. The van der Waals surface area contributed by atoms with E-state index in [0.717, 1.165) is 5.56 Å². The number of ether oxygens (including phenoxy) is 1. The first-order valence-corrected chi connectivity index (χ1v) is 8.86. The van der Waals surface area contributed by atoms with Gasteiger partial charge in [0.15, 0.2) is 0 Å². The molecule has 8 nitrogen and oxygen atoms in total. The number of amides is 2. The first kappa shape index (κ1) is 19.8. The van der Waals surface area contributed by atoms with Crippen LogP contribution in [0.15, 0.2) is 60.8 Å². The van der Waals surface area contributed by atoms with E-state index >= 15 is 0 Å². The second kappa shape index (κ2) is 8.83. The molecule has 0 radical (unpaired) electrons. The number of primary amides is 1. The van der Waals surface area contributed by atoms with Crippen LogP contribution < -0.4 is 11.1 Å². The van der Waals surface area contributed by atoms with Gasteiger partial charge in [0.25, 0.3) is 11.7 Å². The number of nitrogens with one attached hydrogen (secondary N) is 2. The van der Waals surface area contributed by atoms with Crippen LogP contribution in [0, 0.1) is 0 Å². The quantitative estimate of drug-likeness (QED) is 0.303. The summed E-state index contributed by atoms with van der Waals surface area (Å²) in [6, 6.07) is 14.5. The van der Waals surface area contributed by atoms with E-state index in [1.54, 1.807) is 48.5 Å². The van der Waals surface area contributed by atoms with Gasteiger partial charge < -0.3 is 20.8 Å². The Morgan fingerprint density at radius 2 is 1.69 bits per heavy atom. The van der Waals surface area contributed by atoms with Crippen molar-refractivity contribution in [2.75, 3.05) is 0 Å². The molecule has 1 aromatic heterocycles. The van der Waals surface area contributed by atoms with Crippen molar-refractivity contribution < 1.29 is 23.9 Å². The molecule has 0 aliphatic carbocycles. The zero-order valence-corrected chi connectivity index (χ0v) is 15.4. The second-order valence-corrected chi connectivity index (χ2v) is 6.37. The van der Waals surface area contributed by atoms with Gasteiger partial charge in [-0.05, 0) is 11.6 Å². The Morgan fingerprint density at radius 1 is 1.00 bits per heavy atom. The first-order chi connectivity index (χ1) is 14.0. The summed E-state index contributed by atoms with van der Waals surface area (Å²) in [7, 11) is 0. The number of Topliss-reactive ketones (excluding diaryl/α,β-unsaturated/α-hetero) is 1. The first-order valence-electron chi connectivity index (χ1n) is 8.86. The average molecular weight is 393 g/mol. The number of rotatable bonds is 8. The Labute approximate surface area is 166 Å². The van der Waals surface area contributed by atoms with Crippen LogP contribution >= 0.6 is 0 Å². The van der Waals surface area contributed by atoms with E-state index in [1.165, 1.54) is 6.20 Å². The van der Waals surface area contributed by atoms with Crippen LogP contribution in [0.2, 0.25) is 0 Å². The molecule has 1 unspecified atom stereocenters. The van der Waals surface area contributed by atoms with Gasteiger partial charge >= 0.3 is 5.97 Å². The van der Waals surface area contributed by atoms with Crippen molar-refractivity contribution in [2.24, 2.45) is 5.73 Å². The number of H-pyrrole nitrogens is 1. The third-order valence-electron chi connectivity index (χ3n) is 4.26. The average Bonchev–Trinajstić information content (AvgIpc) is 3.15. The van der Waals surface area contributed by atoms with Crippen LogP contribution in [0.3, 0.4) is 0 Å². The highest BCUT2D eigenvalue weighted by Gasteiger charge is 2.28. The van der Waals surface area contributed by atoms with E-state index in [4.69, 9.17) is 10.5 Å². The van der Waals surface area contributed by atoms with E-state index in [9.17, 15) is 19.2 Å². The molecular weight excluding hydrogens is 374 g/mol. The number of aromatic nitrogens is 1. The Kier molecular flexibility index (Phi) is 6.03.